The molecule has 1 aromatic heterocycles. The highest BCUT2D eigenvalue weighted by atomic mass is 32.1. The fraction of sp³-hybridized carbons (Fsp3) is 0.105. The smallest absolute Gasteiger partial charge is 0.357 e. The Labute approximate surface area is 149 Å². The Bertz CT molecular complexity index is 873. The molecule has 0 bridgehead atoms. The zero-order valence-electron chi connectivity index (χ0n) is 13.6. The molecule has 3 rings (SSSR count). The van der Waals surface area contributed by atoms with Gasteiger partial charge in [-0.15, -0.1) is 11.3 Å². The number of anilines is 1. The Morgan fingerprint density at radius 3 is 2.40 bits per heavy atom. The highest BCUT2D eigenvalue weighted by Gasteiger charge is 2.14. The Hall–Kier alpha value is -2.99. The van der Waals surface area contributed by atoms with Gasteiger partial charge < -0.3 is 4.74 Å². The number of hydrogen-bond acceptors (Lipinski definition) is 5. The largest absolute Gasteiger partial charge is 0.461 e. The van der Waals surface area contributed by atoms with Crippen molar-refractivity contribution >= 4 is 28.3 Å². The van der Waals surface area contributed by atoms with Gasteiger partial charge in [-0.3, -0.25) is 10.1 Å². The third-order valence-electron chi connectivity index (χ3n) is 3.46. The summed E-state index contributed by atoms with van der Waals surface area (Å²) in [6, 6.07) is 17.3. The SMILES string of the molecule is CCOC(=O)c1csc(NC(=O)c2ccc(-c3ccccc3)cc2)n1. The summed E-state index contributed by atoms with van der Waals surface area (Å²) in [5, 5.41) is 4.62. The van der Waals surface area contributed by atoms with E-state index < -0.39 is 5.97 Å². The first-order valence-electron chi connectivity index (χ1n) is 7.77. The van der Waals surface area contributed by atoms with Crippen LogP contribution in [-0.4, -0.2) is 23.5 Å². The highest BCUT2D eigenvalue weighted by Crippen LogP contribution is 2.21. The average Bonchev–Trinajstić information content (AvgIpc) is 3.11. The number of ether oxygens (including phenoxy) is 1. The van der Waals surface area contributed by atoms with Gasteiger partial charge in [0.25, 0.3) is 5.91 Å². The molecule has 25 heavy (non-hydrogen) atoms. The molecule has 5 nitrogen and oxygen atoms in total. The Kier molecular flexibility index (Phi) is 5.20. The van der Waals surface area contributed by atoms with Crippen LogP contribution in [0.5, 0.6) is 0 Å². The van der Waals surface area contributed by atoms with Crippen LogP contribution in [0.4, 0.5) is 5.13 Å². The highest BCUT2D eigenvalue weighted by molar-refractivity contribution is 7.14. The van der Waals surface area contributed by atoms with E-state index in [9.17, 15) is 9.59 Å². The van der Waals surface area contributed by atoms with Gasteiger partial charge in [0.15, 0.2) is 10.8 Å². The number of thiazole rings is 1. The standard InChI is InChI=1S/C19H16N2O3S/c1-2-24-18(23)16-12-25-19(20-16)21-17(22)15-10-8-14(9-11-15)13-6-4-3-5-7-13/h3-12H,2H2,1H3,(H,20,21,22). The lowest BCUT2D eigenvalue weighted by Gasteiger charge is -2.04. The molecule has 0 saturated carbocycles. The molecule has 6 heteroatoms. The van der Waals surface area contributed by atoms with Crippen molar-refractivity contribution in [2.45, 2.75) is 6.92 Å². The summed E-state index contributed by atoms with van der Waals surface area (Å²) in [4.78, 5) is 28.0. The summed E-state index contributed by atoms with van der Waals surface area (Å²) in [5.74, 6) is -0.768. The lowest BCUT2D eigenvalue weighted by molar-refractivity contribution is 0.0520. The number of aromatic nitrogens is 1. The monoisotopic (exact) mass is 352 g/mol. The molecule has 2 aromatic carbocycles. The quantitative estimate of drug-likeness (QED) is 0.698. The molecule has 0 atom stereocenters. The third kappa shape index (κ3) is 4.10. The fourth-order valence-electron chi connectivity index (χ4n) is 2.24. The molecule has 0 saturated heterocycles. The number of hydrogen-bond donors (Lipinski definition) is 1. The molecule has 3 aromatic rings. The molecule has 126 valence electrons. The number of amides is 1. The molecule has 1 N–H and O–H groups in total. The molecule has 0 fully saturated rings. The van der Waals surface area contributed by atoms with E-state index in [4.69, 9.17) is 4.74 Å². The minimum absolute atomic E-state index is 0.196. The number of nitrogens with one attached hydrogen (secondary N) is 1. The van der Waals surface area contributed by atoms with Crippen LogP contribution in [0.25, 0.3) is 11.1 Å². The van der Waals surface area contributed by atoms with Gasteiger partial charge in [-0.25, -0.2) is 9.78 Å². The van der Waals surface area contributed by atoms with Gasteiger partial charge >= 0.3 is 5.97 Å². The maximum Gasteiger partial charge on any atom is 0.357 e. The van der Waals surface area contributed by atoms with Gasteiger partial charge in [-0.2, -0.15) is 0 Å². The summed E-state index contributed by atoms with van der Waals surface area (Å²) < 4.78 is 4.88. The zero-order chi connectivity index (χ0) is 17.6. The second-order valence-electron chi connectivity index (χ2n) is 5.16. The van der Waals surface area contributed by atoms with Crippen LogP contribution in [0.2, 0.25) is 0 Å². The minimum atomic E-state index is -0.494. The van der Waals surface area contributed by atoms with E-state index in [-0.39, 0.29) is 18.2 Å². The van der Waals surface area contributed by atoms with E-state index in [1.54, 1.807) is 24.4 Å². The van der Waals surface area contributed by atoms with E-state index in [0.29, 0.717) is 10.7 Å². The molecule has 0 radical (unpaired) electrons. The second-order valence-corrected chi connectivity index (χ2v) is 6.01. The van der Waals surface area contributed by atoms with Crippen LogP contribution in [-0.2, 0) is 4.74 Å². The van der Waals surface area contributed by atoms with Crippen molar-refractivity contribution in [1.29, 1.82) is 0 Å². The molecule has 1 heterocycles. The molecule has 1 amide bonds. The molecular weight excluding hydrogens is 336 g/mol. The summed E-state index contributed by atoms with van der Waals surface area (Å²) in [7, 11) is 0. The normalized spacial score (nSPS) is 10.3. The predicted molar refractivity (Wildman–Crippen MR) is 97.9 cm³/mol. The fourth-order valence-corrected chi connectivity index (χ4v) is 2.92. The first kappa shape index (κ1) is 16.9. The summed E-state index contributed by atoms with van der Waals surface area (Å²) in [6.07, 6.45) is 0. The first-order chi connectivity index (χ1) is 12.2. The van der Waals surface area contributed by atoms with Gasteiger partial charge in [0.2, 0.25) is 0 Å². The Morgan fingerprint density at radius 1 is 1.04 bits per heavy atom. The first-order valence-corrected chi connectivity index (χ1v) is 8.65. The lowest BCUT2D eigenvalue weighted by Crippen LogP contribution is -2.12. The molecule has 0 aliphatic rings. The van der Waals surface area contributed by atoms with Crippen molar-refractivity contribution in [1.82, 2.24) is 4.98 Å². The molecular formula is C19H16N2O3S. The van der Waals surface area contributed by atoms with Crippen molar-refractivity contribution in [2.24, 2.45) is 0 Å². The van der Waals surface area contributed by atoms with Crippen molar-refractivity contribution in [3.05, 3.63) is 71.2 Å². The Morgan fingerprint density at radius 2 is 1.72 bits per heavy atom. The molecule has 0 aliphatic carbocycles. The van der Waals surface area contributed by atoms with Gasteiger partial charge in [-0.05, 0) is 30.2 Å². The predicted octanol–water partition coefficient (Wildman–Crippen LogP) is 4.24. The zero-order valence-corrected chi connectivity index (χ0v) is 14.4. The van der Waals surface area contributed by atoms with E-state index in [1.807, 2.05) is 42.5 Å². The summed E-state index contributed by atoms with van der Waals surface area (Å²) in [5.41, 5.74) is 2.85. The van der Waals surface area contributed by atoms with E-state index in [1.165, 1.54) is 11.3 Å². The van der Waals surface area contributed by atoms with Crippen LogP contribution in [0.3, 0.4) is 0 Å². The van der Waals surface area contributed by atoms with E-state index in [0.717, 1.165) is 11.1 Å². The van der Waals surface area contributed by atoms with Gasteiger partial charge in [0.05, 0.1) is 6.61 Å². The lowest BCUT2D eigenvalue weighted by atomic mass is 10.0. The molecule has 0 unspecified atom stereocenters. The minimum Gasteiger partial charge on any atom is -0.461 e. The van der Waals surface area contributed by atoms with Crippen molar-refractivity contribution in [3.63, 3.8) is 0 Å². The number of benzene rings is 2. The topological polar surface area (TPSA) is 68.3 Å². The number of carbonyl (C=O) groups is 2. The van der Waals surface area contributed by atoms with Crippen molar-refractivity contribution in [3.8, 4) is 11.1 Å². The van der Waals surface area contributed by atoms with Crippen LogP contribution >= 0.6 is 11.3 Å². The van der Waals surface area contributed by atoms with Gasteiger partial charge in [-0.1, -0.05) is 42.5 Å². The average molecular weight is 352 g/mol. The van der Waals surface area contributed by atoms with Crippen LogP contribution < -0.4 is 5.32 Å². The van der Waals surface area contributed by atoms with Crippen molar-refractivity contribution in [2.75, 3.05) is 11.9 Å². The van der Waals surface area contributed by atoms with E-state index in [2.05, 4.69) is 10.3 Å². The molecule has 0 aliphatic heterocycles. The van der Waals surface area contributed by atoms with Crippen molar-refractivity contribution < 1.29 is 14.3 Å². The summed E-state index contributed by atoms with van der Waals surface area (Å²) >= 11 is 1.18. The van der Waals surface area contributed by atoms with Gasteiger partial charge in [0.1, 0.15) is 0 Å². The molecule has 0 spiro atoms. The number of esters is 1. The van der Waals surface area contributed by atoms with Crippen LogP contribution in [0.1, 0.15) is 27.8 Å². The van der Waals surface area contributed by atoms with E-state index >= 15 is 0 Å². The summed E-state index contributed by atoms with van der Waals surface area (Å²) in [6.45, 7) is 2.01. The maximum absolute atomic E-state index is 12.3. The number of nitrogens with zero attached hydrogens (tertiary/aromatic N) is 1. The van der Waals surface area contributed by atoms with Crippen LogP contribution in [0, 0.1) is 0 Å². The number of carbonyl (C=O) groups excluding carboxylic acids is 2. The number of rotatable bonds is 5. The maximum atomic E-state index is 12.3. The van der Waals surface area contributed by atoms with Gasteiger partial charge in [0, 0.05) is 10.9 Å². The van der Waals surface area contributed by atoms with Crippen LogP contribution in [0.15, 0.2) is 60.0 Å². The second kappa shape index (κ2) is 7.72. The third-order valence-corrected chi connectivity index (χ3v) is 4.22. The Balaban J connectivity index is 1.68.